The van der Waals surface area contributed by atoms with Crippen molar-refractivity contribution in [2.45, 2.75) is 6.42 Å². The van der Waals surface area contributed by atoms with E-state index in [1.165, 1.54) is 23.1 Å². The Morgan fingerprint density at radius 1 is 0.929 bits per heavy atom. The van der Waals surface area contributed by atoms with E-state index in [0.717, 1.165) is 0 Å². The van der Waals surface area contributed by atoms with Crippen LogP contribution in [0.5, 0.6) is 0 Å². The Balaban J connectivity index is 2.08. The van der Waals surface area contributed by atoms with Crippen molar-refractivity contribution in [3.05, 3.63) is 47.5 Å². The van der Waals surface area contributed by atoms with Gasteiger partial charge in [-0.1, -0.05) is 0 Å². The minimum absolute atomic E-state index is 0.196. The average molecular weight is 237 g/mol. The Labute approximate surface area is 89.4 Å². The molecular formula is C13H8Ge. The molecule has 0 atom stereocenters. The van der Waals surface area contributed by atoms with Gasteiger partial charge in [0.25, 0.3) is 0 Å². The van der Waals surface area contributed by atoms with E-state index in [0.29, 0.717) is 0 Å². The predicted molar refractivity (Wildman–Crippen MR) is 59.7 cm³/mol. The third-order valence-electron chi connectivity index (χ3n) is 3.18. The maximum atomic E-state index is 2.34. The zero-order chi connectivity index (χ0) is 9.12. The van der Waals surface area contributed by atoms with Crippen LogP contribution in [0.2, 0.25) is 0 Å². The van der Waals surface area contributed by atoms with Crippen molar-refractivity contribution in [3.63, 3.8) is 0 Å². The fourth-order valence-corrected chi connectivity index (χ4v) is 4.49. The molecule has 1 heterocycles. The molecule has 0 unspecified atom stereocenters. The monoisotopic (exact) mass is 238 g/mol. The van der Waals surface area contributed by atoms with Gasteiger partial charge in [0.05, 0.1) is 0 Å². The summed E-state index contributed by atoms with van der Waals surface area (Å²) in [7, 11) is 0. The molecule has 2 aromatic carbocycles. The van der Waals surface area contributed by atoms with Crippen LogP contribution in [0.4, 0.5) is 0 Å². The molecule has 2 aliphatic rings. The van der Waals surface area contributed by atoms with Crippen LogP contribution in [0.15, 0.2) is 36.4 Å². The van der Waals surface area contributed by atoms with Crippen molar-refractivity contribution in [1.29, 1.82) is 0 Å². The van der Waals surface area contributed by atoms with Gasteiger partial charge >= 0.3 is 89.3 Å². The first kappa shape index (κ1) is 7.30. The Morgan fingerprint density at radius 2 is 1.86 bits per heavy atom. The molecular weight excluding hydrogens is 229 g/mol. The summed E-state index contributed by atoms with van der Waals surface area (Å²) in [5.74, 6) is 0. The second-order valence-electron chi connectivity index (χ2n) is 3.97. The maximum absolute atomic E-state index is 2.34. The van der Waals surface area contributed by atoms with Crippen LogP contribution in [0, 0.1) is 0 Å². The summed E-state index contributed by atoms with van der Waals surface area (Å²) < 4.78 is 3.44. The normalized spacial score (nSPS) is 14.6. The first-order chi connectivity index (χ1) is 6.93. The zero-order valence-electron chi connectivity index (χ0n) is 7.67. The molecule has 1 heteroatoms. The van der Waals surface area contributed by atoms with Gasteiger partial charge in [-0.05, 0) is 0 Å². The van der Waals surface area contributed by atoms with Crippen molar-refractivity contribution in [2.75, 3.05) is 0 Å². The van der Waals surface area contributed by atoms with Gasteiger partial charge in [0.2, 0.25) is 0 Å². The molecule has 64 valence electrons. The summed E-state index contributed by atoms with van der Waals surface area (Å²) in [4.78, 5) is 0. The molecule has 0 spiro atoms. The Bertz CT molecular complexity index is 555. The van der Waals surface area contributed by atoms with Crippen LogP contribution in [0.25, 0.3) is 11.1 Å². The van der Waals surface area contributed by atoms with E-state index >= 15 is 0 Å². The number of hydrogen-bond donors (Lipinski definition) is 0. The van der Waals surface area contributed by atoms with Crippen molar-refractivity contribution >= 4 is 24.2 Å². The number of hydrogen-bond acceptors (Lipinski definition) is 0. The van der Waals surface area contributed by atoms with Crippen molar-refractivity contribution < 1.29 is 0 Å². The van der Waals surface area contributed by atoms with Crippen molar-refractivity contribution in [1.82, 2.24) is 0 Å². The molecule has 4 rings (SSSR count). The van der Waals surface area contributed by atoms with Crippen LogP contribution in [0.1, 0.15) is 11.1 Å². The van der Waals surface area contributed by atoms with Crippen LogP contribution in [0.3, 0.4) is 0 Å². The van der Waals surface area contributed by atoms with Crippen molar-refractivity contribution in [3.8, 4) is 11.1 Å². The zero-order valence-corrected chi connectivity index (χ0v) is 9.77. The fraction of sp³-hybridized carbons (Fsp3) is 0.0769. The molecule has 0 aromatic heterocycles. The summed E-state index contributed by atoms with van der Waals surface area (Å²) >= 11 is 0.196. The van der Waals surface area contributed by atoms with Gasteiger partial charge in [-0.15, -0.1) is 0 Å². The van der Waals surface area contributed by atoms with E-state index in [1.807, 2.05) is 0 Å². The molecule has 2 radical (unpaired) electrons. The molecule has 0 bridgehead atoms. The molecule has 1 aliphatic carbocycles. The second-order valence-corrected chi connectivity index (χ2v) is 6.68. The van der Waals surface area contributed by atoms with Crippen LogP contribution in [-0.2, 0) is 6.42 Å². The average Bonchev–Trinajstić information content (AvgIpc) is 2.92. The van der Waals surface area contributed by atoms with E-state index in [1.54, 1.807) is 14.4 Å². The molecule has 14 heavy (non-hydrogen) atoms. The Kier molecular flexibility index (Phi) is 1.21. The quantitative estimate of drug-likeness (QED) is 0.403. The SMILES string of the molecule is c1ccc2c(c1)Cc1c-2cc[c]2[c]1[Ge]2. The van der Waals surface area contributed by atoms with Crippen LogP contribution >= 0.6 is 0 Å². The third kappa shape index (κ3) is 0.800. The minimum atomic E-state index is 0.196. The van der Waals surface area contributed by atoms with Gasteiger partial charge in [0, 0.05) is 0 Å². The van der Waals surface area contributed by atoms with Crippen molar-refractivity contribution in [2.24, 2.45) is 0 Å². The van der Waals surface area contributed by atoms with Crippen LogP contribution in [-0.4, -0.2) is 15.4 Å². The molecule has 2 aromatic rings. The van der Waals surface area contributed by atoms with Gasteiger partial charge < -0.3 is 0 Å². The number of fused-ring (bicyclic) bond motifs is 5. The standard InChI is InChI=1S/C13H8Ge/c1-2-4-9-8(3-1)7-11-10(9)5-6-12-13(11)14-12/h1-6H,7H2. The molecule has 0 amide bonds. The second kappa shape index (κ2) is 2.32. The predicted octanol–water partition coefficient (Wildman–Crippen LogP) is 1.23. The molecule has 0 saturated heterocycles. The Hall–Kier alpha value is -1.02. The summed E-state index contributed by atoms with van der Waals surface area (Å²) in [6.45, 7) is 0. The van der Waals surface area contributed by atoms with E-state index in [9.17, 15) is 0 Å². The summed E-state index contributed by atoms with van der Waals surface area (Å²) in [5, 5.41) is 0. The molecule has 0 saturated carbocycles. The third-order valence-corrected chi connectivity index (χ3v) is 5.82. The van der Waals surface area contributed by atoms with E-state index in [-0.39, 0.29) is 15.4 Å². The van der Waals surface area contributed by atoms with Crippen LogP contribution < -0.4 is 8.79 Å². The fourth-order valence-electron chi connectivity index (χ4n) is 2.43. The molecule has 0 fully saturated rings. The molecule has 0 N–H and O–H groups in total. The number of rotatable bonds is 0. The van der Waals surface area contributed by atoms with Gasteiger partial charge in [0.15, 0.2) is 0 Å². The molecule has 0 nitrogen and oxygen atoms in total. The first-order valence-electron chi connectivity index (χ1n) is 4.95. The van der Waals surface area contributed by atoms with Gasteiger partial charge in [-0.3, -0.25) is 0 Å². The van der Waals surface area contributed by atoms with Gasteiger partial charge in [0.1, 0.15) is 0 Å². The first-order valence-corrected chi connectivity index (χ1v) is 7.04. The van der Waals surface area contributed by atoms with Gasteiger partial charge in [-0.25, -0.2) is 0 Å². The summed E-state index contributed by atoms with van der Waals surface area (Å²) in [6.07, 6.45) is 1.19. The molecule has 1 aliphatic heterocycles. The summed E-state index contributed by atoms with van der Waals surface area (Å²) in [5.41, 5.74) is 6.17. The van der Waals surface area contributed by atoms with E-state index in [4.69, 9.17) is 0 Å². The topological polar surface area (TPSA) is 0 Å². The number of benzene rings is 2. The Morgan fingerprint density at radius 3 is 2.86 bits per heavy atom. The van der Waals surface area contributed by atoms with E-state index < -0.39 is 0 Å². The van der Waals surface area contributed by atoms with Gasteiger partial charge in [-0.2, -0.15) is 0 Å². The van der Waals surface area contributed by atoms with E-state index in [2.05, 4.69) is 36.4 Å². The summed E-state index contributed by atoms with van der Waals surface area (Å²) in [6, 6.07) is 13.5.